The Morgan fingerprint density at radius 1 is 0.781 bits per heavy atom. The molecule has 2 heterocycles. The summed E-state index contributed by atoms with van der Waals surface area (Å²) in [7, 11) is 0. The van der Waals surface area contributed by atoms with E-state index in [1.165, 1.54) is 16.7 Å². The second kappa shape index (κ2) is 8.93. The third-order valence-electron chi connectivity index (χ3n) is 5.64. The largest absolute Gasteiger partial charge is 0.321 e. The van der Waals surface area contributed by atoms with Crippen LogP contribution in [0.5, 0.6) is 0 Å². The minimum Gasteiger partial charge on any atom is -0.321 e. The van der Waals surface area contributed by atoms with Crippen LogP contribution in [0.2, 0.25) is 0 Å². The molecule has 0 spiro atoms. The summed E-state index contributed by atoms with van der Waals surface area (Å²) in [4.78, 5) is 6.94. The van der Waals surface area contributed by atoms with Gasteiger partial charge in [-0.25, -0.2) is 4.98 Å². The van der Waals surface area contributed by atoms with Crippen molar-refractivity contribution >= 4 is 17.4 Å². The van der Waals surface area contributed by atoms with Gasteiger partial charge in [0.1, 0.15) is 5.82 Å². The smallest absolute Gasteiger partial charge is 0.144 e. The van der Waals surface area contributed by atoms with Crippen molar-refractivity contribution in [2.24, 2.45) is 0 Å². The summed E-state index contributed by atoms with van der Waals surface area (Å²) in [5.74, 6) is 1.28. The van der Waals surface area contributed by atoms with E-state index in [2.05, 4.69) is 119 Å². The first-order chi connectivity index (χ1) is 15.7. The van der Waals surface area contributed by atoms with Gasteiger partial charge in [0.25, 0.3) is 0 Å². The highest BCUT2D eigenvalue weighted by Crippen LogP contribution is 2.40. The predicted molar refractivity (Wildman–Crippen MR) is 137 cm³/mol. The van der Waals surface area contributed by atoms with Gasteiger partial charge in [-0.15, -0.1) is 11.8 Å². The van der Waals surface area contributed by atoms with E-state index in [0.29, 0.717) is 5.92 Å². The number of benzene rings is 3. The number of imidazole rings is 1. The van der Waals surface area contributed by atoms with Crippen molar-refractivity contribution in [2.45, 2.75) is 19.8 Å². The van der Waals surface area contributed by atoms with Gasteiger partial charge >= 0.3 is 0 Å². The fourth-order valence-corrected chi connectivity index (χ4v) is 4.57. The van der Waals surface area contributed by atoms with E-state index in [1.807, 2.05) is 12.3 Å². The molecule has 0 amide bonds. The van der Waals surface area contributed by atoms with E-state index < -0.39 is 0 Å². The molecule has 0 saturated heterocycles. The van der Waals surface area contributed by atoms with Crippen LogP contribution in [0.3, 0.4) is 0 Å². The Morgan fingerprint density at radius 3 is 2.09 bits per heavy atom. The second-order valence-corrected chi connectivity index (χ2v) is 8.87. The average Bonchev–Trinajstić information content (AvgIpc) is 3.34. The molecule has 0 radical (unpaired) electrons. The molecule has 158 valence electrons. The number of aromatic nitrogens is 2. The van der Waals surface area contributed by atoms with Gasteiger partial charge in [0.15, 0.2) is 0 Å². The Morgan fingerprint density at radius 2 is 1.44 bits per heavy atom. The summed E-state index contributed by atoms with van der Waals surface area (Å²) >= 11 is 1.69. The first-order valence-corrected chi connectivity index (χ1v) is 11.8. The standard InChI is InChI=1S/C28H25N3S/c1-21(2)25-19-24(22-9-5-3-6-10-22)20-26(30-15-17-32-18-16-30)27(25)31-14-13-29-28(31)23-11-7-4-8-12-23/h3-21H,1-2H3. The lowest BCUT2D eigenvalue weighted by molar-refractivity contribution is 0.847. The van der Waals surface area contributed by atoms with Gasteiger partial charge in [0.05, 0.1) is 11.4 Å². The first-order valence-electron chi connectivity index (χ1n) is 10.8. The zero-order valence-electron chi connectivity index (χ0n) is 18.2. The molecule has 1 aliphatic rings. The molecule has 0 bridgehead atoms. The SMILES string of the molecule is CC(C)c1cc(-c2ccccc2)cc(N2C=CSC=C2)c1-n1ccnc1-c1ccccc1. The summed E-state index contributed by atoms with van der Waals surface area (Å²) < 4.78 is 2.23. The summed E-state index contributed by atoms with van der Waals surface area (Å²) in [6.45, 7) is 4.52. The summed E-state index contributed by atoms with van der Waals surface area (Å²) in [6.07, 6.45) is 8.21. The number of hydrogen-bond donors (Lipinski definition) is 0. The molecule has 0 atom stereocenters. The van der Waals surface area contributed by atoms with Crippen LogP contribution in [-0.4, -0.2) is 9.55 Å². The van der Waals surface area contributed by atoms with Gasteiger partial charge < -0.3 is 4.90 Å². The Balaban J connectivity index is 1.79. The van der Waals surface area contributed by atoms with Crippen LogP contribution >= 0.6 is 11.8 Å². The van der Waals surface area contributed by atoms with Crippen LogP contribution in [-0.2, 0) is 0 Å². The third-order valence-corrected chi connectivity index (χ3v) is 6.20. The molecule has 0 saturated carbocycles. The van der Waals surface area contributed by atoms with E-state index in [4.69, 9.17) is 4.98 Å². The van der Waals surface area contributed by atoms with Gasteiger partial charge in [-0.1, -0.05) is 74.5 Å². The van der Waals surface area contributed by atoms with Crippen LogP contribution in [0.4, 0.5) is 5.69 Å². The average molecular weight is 436 g/mol. The highest BCUT2D eigenvalue weighted by Gasteiger charge is 2.21. The van der Waals surface area contributed by atoms with E-state index in [-0.39, 0.29) is 0 Å². The first kappa shape index (κ1) is 20.4. The van der Waals surface area contributed by atoms with Crippen LogP contribution in [0, 0.1) is 0 Å². The Labute approximate surface area is 193 Å². The van der Waals surface area contributed by atoms with Crippen molar-refractivity contribution in [3.05, 3.63) is 114 Å². The summed E-state index contributed by atoms with van der Waals surface area (Å²) in [5, 5.41) is 4.22. The number of nitrogens with zero attached hydrogens (tertiary/aromatic N) is 3. The molecule has 5 rings (SSSR count). The van der Waals surface area contributed by atoms with Gasteiger partial charge in [-0.2, -0.15) is 0 Å². The maximum atomic E-state index is 4.73. The van der Waals surface area contributed by atoms with Crippen molar-refractivity contribution in [3.63, 3.8) is 0 Å². The van der Waals surface area contributed by atoms with Crippen LogP contribution in [0.1, 0.15) is 25.3 Å². The van der Waals surface area contributed by atoms with Crippen molar-refractivity contribution in [2.75, 3.05) is 4.90 Å². The molecule has 0 unspecified atom stereocenters. The van der Waals surface area contributed by atoms with E-state index >= 15 is 0 Å². The van der Waals surface area contributed by atoms with Crippen LogP contribution in [0.25, 0.3) is 28.2 Å². The quantitative estimate of drug-likeness (QED) is 0.319. The van der Waals surface area contributed by atoms with Crippen LogP contribution in [0.15, 0.2) is 108 Å². The predicted octanol–water partition coefficient (Wildman–Crippen LogP) is 7.83. The third kappa shape index (κ3) is 3.90. The zero-order valence-corrected chi connectivity index (χ0v) is 19.0. The van der Waals surface area contributed by atoms with Crippen molar-refractivity contribution < 1.29 is 0 Å². The number of rotatable bonds is 5. The summed E-state index contributed by atoms with van der Waals surface area (Å²) in [6, 6.07) is 25.6. The molecule has 4 aromatic rings. The topological polar surface area (TPSA) is 21.1 Å². The lowest BCUT2D eigenvalue weighted by atomic mass is 9.93. The van der Waals surface area contributed by atoms with E-state index in [0.717, 1.165) is 22.8 Å². The lowest BCUT2D eigenvalue weighted by Gasteiger charge is -2.27. The minimum absolute atomic E-state index is 0.338. The normalized spacial score (nSPS) is 13.2. The van der Waals surface area contributed by atoms with Gasteiger partial charge in [0.2, 0.25) is 0 Å². The molecule has 1 aliphatic heterocycles. The molecule has 0 aliphatic carbocycles. The molecular formula is C28H25N3S. The number of hydrogen-bond acceptors (Lipinski definition) is 3. The fraction of sp³-hybridized carbons (Fsp3) is 0.107. The maximum absolute atomic E-state index is 4.73. The van der Waals surface area contributed by atoms with Crippen molar-refractivity contribution in [1.82, 2.24) is 9.55 Å². The highest BCUT2D eigenvalue weighted by molar-refractivity contribution is 8.04. The van der Waals surface area contributed by atoms with Crippen LogP contribution < -0.4 is 4.90 Å². The lowest BCUT2D eigenvalue weighted by Crippen LogP contribution is -2.14. The van der Waals surface area contributed by atoms with E-state index in [1.54, 1.807) is 11.8 Å². The Hall–Kier alpha value is -3.50. The minimum atomic E-state index is 0.338. The van der Waals surface area contributed by atoms with Crippen molar-refractivity contribution in [3.8, 4) is 28.2 Å². The molecule has 3 aromatic carbocycles. The molecule has 0 N–H and O–H groups in total. The molecule has 3 nitrogen and oxygen atoms in total. The Kier molecular flexibility index (Phi) is 5.70. The summed E-state index contributed by atoms with van der Waals surface area (Å²) in [5.41, 5.74) is 7.13. The number of anilines is 1. The monoisotopic (exact) mass is 435 g/mol. The second-order valence-electron chi connectivity index (χ2n) is 8.05. The molecule has 32 heavy (non-hydrogen) atoms. The van der Waals surface area contributed by atoms with Crippen molar-refractivity contribution in [1.29, 1.82) is 0 Å². The fourth-order valence-electron chi connectivity index (χ4n) is 4.08. The molecule has 1 aromatic heterocycles. The molecular weight excluding hydrogens is 410 g/mol. The maximum Gasteiger partial charge on any atom is 0.144 e. The van der Waals surface area contributed by atoms with E-state index in [9.17, 15) is 0 Å². The van der Waals surface area contributed by atoms with Gasteiger partial charge in [-0.05, 0) is 45.6 Å². The number of thioether (sulfide) groups is 1. The highest BCUT2D eigenvalue weighted by atomic mass is 32.2. The molecule has 0 fully saturated rings. The molecule has 4 heteroatoms. The Bertz CT molecular complexity index is 1260. The van der Waals surface area contributed by atoms with Gasteiger partial charge in [0, 0.05) is 30.4 Å². The zero-order chi connectivity index (χ0) is 21.9. The van der Waals surface area contributed by atoms with Gasteiger partial charge in [-0.3, -0.25) is 4.57 Å².